The molecule has 3 aliphatic heterocycles. The lowest BCUT2D eigenvalue weighted by Crippen LogP contribution is -2.63. The quantitative estimate of drug-likeness (QED) is 0.743. The molecule has 98 valence electrons. The molecule has 4 atom stereocenters. The summed E-state index contributed by atoms with van der Waals surface area (Å²) in [6.07, 6.45) is 6.25. The van der Waals surface area contributed by atoms with Gasteiger partial charge in [-0.25, -0.2) is 0 Å². The average Bonchev–Trinajstić information content (AvgIpc) is 2.76. The van der Waals surface area contributed by atoms with E-state index < -0.39 is 0 Å². The van der Waals surface area contributed by atoms with Crippen LogP contribution in [0, 0.1) is 0 Å². The second-order valence-electron chi connectivity index (χ2n) is 5.72. The van der Waals surface area contributed by atoms with Gasteiger partial charge in [0.25, 0.3) is 0 Å². The van der Waals surface area contributed by atoms with E-state index in [2.05, 4.69) is 34.3 Å². The Hall–Kier alpha value is -0.160. The molecule has 0 aromatic carbocycles. The van der Waals surface area contributed by atoms with E-state index in [4.69, 9.17) is 0 Å². The molecule has 3 heterocycles. The van der Waals surface area contributed by atoms with E-state index in [1.54, 1.807) is 0 Å². The highest BCUT2D eigenvalue weighted by Gasteiger charge is 2.46. The summed E-state index contributed by atoms with van der Waals surface area (Å²) in [6, 6.07) is 1.51. The molecule has 3 saturated heterocycles. The Kier molecular flexibility index (Phi) is 3.39. The van der Waals surface area contributed by atoms with Crippen LogP contribution in [0.15, 0.2) is 0 Å². The second-order valence-corrected chi connectivity index (χ2v) is 5.72. The zero-order valence-corrected chi connectivity index (χ0v) is 11.2. The first-order chi connectivity index (χ1) is 8.33. The molecule has 17 heavy (non-hydrogen) atoms. The van der Waals surface area contributed by atoms with Crippen LogP contribution in [-0.2, 0) is 0 Å². The molecular formula is C13H26N4. The largest absolute Gasteiger partial charge is 0.299 e. The van der Waals surface area contributed by atoms with Gasteiger partial charge in [-0.3, -0.25) is 20.4 Å². The van der Waals surface area contributed by atoms with Crippen LogP contribution >= 0.6 is 0 Å². The van der Waals surface area contributed by atoms with E-state index in [0.29, 0.717) is 12.3 Å². The van der Waals surface area contributed by atoms with Crippen molar-refractivity contribution < 1.29 is 0 Å². The minimum atomic E-state index is 0.544. The fraction of sp³-hybridized carbons (Fsp3) is 1.00. The van der Waals surface area contributed by atoms with Gasteiger partial charge in [0, 0.05) is 18.6 Å². The zero-order valence-electron chi connectivity index (χ0n) is 11.2. The summed E-state index contributed by atoms with van der Waals surface area (Å²) >= 11 is 0. The summed E-state index contributed by atoms with van der Waals surface area (Å²) in [5, 5.41) is 7.54. The summed E-state index contributed by atoms with van der Waals surface area (Å²) in [7, 11) is 0. The molecule has 4 nitrogen and oxygen atoms in total. The molecule has 0 aliphatic carbocycles. The third-order valence-electron chi connectivity index (χ3n) is 4.83. The number of hydrogen-bond acceptors (Lipinski definition) is 4. The maximum Gasteiger partial charge on any atom is 0.0907 e. The number of nitrogens with zero attached hydrogens (tertiary/aromatic N) is 2. The summed E-state index contributed by atoms with van der Waals surface area (Å²) < 4.78 is 0. The van der Waals surface area contributed by atoms with Gasteiger partial charge >= 0.3 is 0 Å². The lowest BCUT2D eigenvalue weighted by Gasteiger charge is -2.41. The van der Waals surface area contributed by atoms with E-state index in [9.17, 15) is 0 Å². The first-order valence-electron chi connectivity index (χ1n) is 7.32. The van der Waals surface area contributed by atoms with Crippen LogP contribution in [0.5, 0.6) is 0 Å². The van der Waals surface area contributed by atoms with Crippen molar-refractivity contribution in [3.63, 3.8) is 0 Å². The van der Waals surface area contributed by atoms with Crippen LogP contribution in [0.1, 0.15) is 39.5 Å². The summed E-state index contributed by atoms with van der Waals surface area (Å²) in [5.74, 6) is 0. The maximum atomic E-state index is 3.83. The van der Waals surface area contributed by atoms with E-state index >= 15 is 0 Å². The lowest BCUT2D eigenvalue weighted by molar-refractivity contribution is 0.0924. The topological polar surface area (TPSA) is 30.5 Å². The molecule has 0 aromatic rings. The van der Waals surface area contributed by atoms with Crippen molar-refractivity contribution in [1.29, 1.82) is 0 Å². The summed E-state index contributed by atoms with van der Waals surface area (Å²) in [4.78, 5) is 5.30. The van der Waals surface area contributed by atoms with Crippen LogP contribution < -0.4 is 10.6 Å². The molecule has 0 unspecified atom stereocenters. The van der Waals surface area contributed by atoms with Crippen LogP contribution in [-0.4, -0.2) is 54.0 Å². The van der Waals surface area contributed by atoms with Gasteiger partial charge in [0.15, 0.2) is 0 Å². The molecule has 3 rings (SSSR count). The molecule has 2 N–H and O–H groups in total. The van der Waals surface area contributed by atoms with Gasteiger partial charge < -0.3 is 0 Å². The predicted molar refractivity (Wildman–Crippen MR) is 69.5 cm³/mol. The van der Waals surface area contributed by atoms with Crippen LogP contribution in [0.3, 0.4) is 0 Å². The molecule has 4 heteroatoms. The Labute approximate surface area is 105 Å². The molecular weight excluding hydrogens is 212 g/mol. The van der Waals surface area contributed by atoms with Gasteiger partial charge in [-0.1, -0.05) is 13.8 Å². The van der Waals surface area contributed by atoms with Gasteiger partial charge in [-0.05, 0) is 32.2 Å². The monoisotopic (exact) mass is 238 g/mol. The first kappa shape index (κ1) is 11.9. The van der Waals surface area contributed by atoms with Crippen molar-refractivity contribution in [1.82, 2.24) is 20.4 Å². The standard InChI is InChI=1S/C13H26N4/c1-3-10-6-8-16-9-17-11(4-2)5-7-14-12(17)13(16)15-10/h10-15H,3-9H2,1-2H3/t10-,11+,12-,13-/m0/s1. The van der Waals surface area contributed by atoms with E-state index in [1.165, 1.54) is 38.8 Å². The van der Waals surface area contributed by atoms with Crippen LogP contribution in [0.4, 0.5) is 0 Å². The SMILES string of the molecule is CC[C@H]1CCN2CN3[C@H](CC)CCN[C@@H]3[C@H]2N1. The smallest absolute Gasteiger partial charge is 0.0907 e. The fourth-order valence-corrected chi connectivity index (χ4v) is 3.72. The van der Waals surface area contributed by atoms with Crippen LogP contribution in [0.25, 0.3) is 0 Å². The number of hydrogen-bond donors (Lipinski definition) is 2. The summed E-state index contributed by atoms with van der Waals surface area (Å²) in [6.45, 7) is 8.23. The summed E-state index contributed by atoms with van der Waals surface area (Å²) in [5.41, 5.74) is 0. The average molecular weight is 238 g/mol. The first-order valence-corrected chi connectivity index (χ1v) is 7.32. The normalized spacial score (nSPS) is 43.4. The molecule has 3 fully saturated rings. The molecule has 0 radical (unpaired) electrons. The Morgan fingerprint density at radius 2 is 2.00 bits per heavy atom. The van der Waals surface area contributed by atoms with Crippen molar-refractivity contribution in [3.05, 3.63) is 0 Å². The number of nitrogens with one attached hydrogen (secondary N) is 2. The highest BCUT2D eigenvalue weighted by molar-refractivity contribution is 4.99. The van der Waals surface area contributed by atoms with E-state index in [1.807, 2.05) is 0 Å². The molecule has 0 saturated carbocycles. The minimum absolute atomic E-state index is 0.544. The predicted octanol–water partition coefficient (Wildman–Crippen LogP) is 0.758. The number of rotatable bonds is 2. The van der Waals surface area contributed by atoms with Crippen molar-refractivity contribution in [2.75, 3.05) is 19.8 Å². The fourth-order valence-electron chi connectivity index (χ4n) is 3.72. The Morgan fingerprint density at radius 1 is 1.12 bits per heavy atom. The maximum absolute atomic E-state index is 3.83. The molecule has 0 spiro atoms. The molecule has 0 amide bonds. The van der Waals surface area contributed by atoms with Crippen molar-refractivity contribution in [3.8, 4) is 0 Å². The highest BCUT2D eigenvalue weighted by Crippen LogP contribution is 2.28. The lowest BCUT2D eigenvalue weighted by atomic mass is 10.0. The van der Waals surface area contributed by atoms with Gasteiger partial charge in [-0.15, -0.1) is 0 Å². The Morgan fingerprint density at radius 3 is 2.76 bits per heavy atom. The third-order valence-corrected chi connectivity index (χ3v) is 4.83. The molecule has 0 bridgehead atoms. The molecule has 0 aromatic heterocycles. The van der Waals surface area contributed by atoms with E-state index in [-0.39, 0.29) is 0 Å². The third kappa shape index (κ3) is 2.01. The van der Waals surface area contributed by atoms with Crippen molar-refractivity contribution in [2.24, 2.45) is 0 Å². The van der Waals surface area contributed by atoms with Crippen molar-refractivity contribution >= 4 is 0 Å². The number of fused-ring (bicyclic) bond motifs is 3. The van der Waals surface area contributed by atoms with Gasteiger partial charge in [0.1, 0.15) is 0 Å². The highest BCUT2D eigenvalue weighted by atomic mass is 15.5. The van der Waals surface area contributed by atoms with Crippen molar-refractivity contribution in [2.45, 2.75) is 63.9 Å². The zero-order chi connectivity index (χ0) is 11.8. The second kappa shape index (κ2) is 4.84. The van der Waals surface area contributed by atoms with Gasteiger partial charge in [-0.2, -0.15) is 0 Å². The Bertz CT molecular complexity index is 270. The Balaban J connectivity index is 1.73. The van der Waals surface area contributed by atoms with Gasteiger partial charge in [0.05, 0.1) is 19.0 Å². The molecule has 3 aliphatic rings. The minimum Gasteiger partial charge on any atom is -0.299 e. The van der Waals surface area contributed by atoms with Gasteiger partial charge in [0.2, 0.25) is 0 Å². The van der Waals surface area contributed by atoms with E-state index in [0.717, 1.165) is 18.8 Å². The van der Waals surface area contributed by atoms with Crippen LogP contribution in [0.2, 0.25) is 0 Å².